The number of nitrogens with two attached hydrogens (primary N) is 1. The summed E-state index contributed by atoms with van der Waals surface area (Å²) in [5.41, 5.74) is 6.42. The van der Waals surface area contributed by atoms with Crippen LogP contribution in [-0.4, -0.2) is 34.3 Å². The zero-order valence-corrected chi connectivity index (χ0v) is 9.50. The van der Waals surface area contributed by atoms with Gasteiger partial charge in [0, 0.05) is 32.0 Å². The van der Waals surface area contributed by atoms with E-state index in [1.54, 1.807) is 12.4 Å². The fourth-order valence-electron chi connectivity index (χ4n) is 2.01. The Hall–Kier alpha value is -1.20. The molecule has 0 spiro atoms. The maximum absolute atomic E-state index is 9.85. The molecule has 0 saturated carbocycles. The highest BCUT2D eigenvalue weighted by Gasteiger charge is 2.26. The number of β-amino-alcohol motifs (C(OH)–C–C–N with tert-alkyl or cyclic N) is 1. The second kappa shape index (κ2) is 4.76. The van der Waals surface area contributed by atoms with E-state index in [0.29, 0.717) is 19.0 Å². The van der Waals surface area contributed by atoms with Gasteiger partial charge in [-0.25, -0.2) is 4.98 Å². The highest BCUT2D eigenvalue weighted by Crippen LogP contribution is 2.23. The molecule has 5 heteroatoms. The van der Waals surface area contributed by atoms with Gasteiger partial charge in [-0.05, 0) is 12.3 Å². The Labute approximate surface area is 95.3 Å². The lowest BCUT2D eigenvalue weighted by atomic mass is 9.96. The minimum Gasteiger partial charge on any atom is -0.391 e. The van der Waals surface area contributed by atoms with Crippen molar-refractivity contribution in [2.45, 2.75) is 26.0 Å². The number of rotatable bonds is 2. The number of aliphatic hydroxyl groups is 1. The summed E-state index contributed by atoms with van der Waals surface area (Å²) < 4.78 is 0. The molecule has 1 aliphatic heterocycles. The van der Waals surface area contributed by atoms with E-state index in [9.17, 15) is 5.11 Å². The first-order chi connectivity index (χ1) is 7.72. The van der Waals surface area contributed by atoms with Crippen molar-refractivity contribution in [3.8, 4) is 0 Å². The quantitative estimate of drug-likeness (QED) is 0.744. The van der Waals surface area contributed by atoms with Crippen LogP contribution in [0.5, 0.6) is 0 Å². The number of hydrogen-bond donors (Lipinski definition) is 2. The Balaban J connectivity index is 2.18. The van der Waals surface area contributed by atoms with Gasteiger partial charge in [0.25, 0.3) is 0 Å². The third-order valence-electron chi connectivity index (χ3n) is 3.16. The highest BCUT2D eigenvalue weighted by atomic mass is 16.3. The predicted octanol–water partition coefficient (Wildman–Crippen LogP) is 0.142. The van der Waals surface area contributed by atoms with E-state index in [4.69, 9.17) is 5.73 Å². The highest BCUT2D eigenvalue weighted by molar-refractivity contribution is 5.43. The molecule has 1 fully saturated rings. The van der Waals surface area contributed by atoms with E-state index >= 15 is 0 Å². The zero-order chi connectivity index (χ0) is 11.5. The van der Waals surface area contributed by atoms with Crippen LogP contribution in [0.4, 0.5) is 5.82 Å². The molecule has 2 unspecified atom stereocenters. The summed E-state index contributed by atoms with van der Waals surface area (Å²) in [5, 5.41) is 9.85. The van der Waals surface area contributed by atoms with Crippen LogP contribution in [0.2, 0.25) is 0 Å². The molecule has 0 bridgehead atoms. The summed E-state index contributed by atoms with van der Waals surface area (Å²) in [6, 6.07) is 0. The molecule has 1 aromatic rings. The minimum atomic E-state index is -0.290. The first-order valence-electron chi connectivity index (χ1n) is 5.65. The summed E-state index contributed by atoms with van der Waals surface area (Å²) in [5.74, 6) is 1.17. The van der Waals surface area contributed by atoms with Crippen LogP contribution in [-0.2, 0) is 6.54 Å². The smallest absolute Gasteiger partial charge is 0.151 e. The van der Waals surface area contributed by atoms with E-state index < -0.39 is 0 Å². The van der Waals surface area contributed by atoms with Gasteiger partial charge in [0.15, 0.2) is 5.82 Å². The molecule has 16 heavy (non-hydrogen) atoms. The van der Waals surface area contributed by atoms with Crippen LogP contribution in [0.3, 0.4) is 0 Å². The van der Waals surface area contributed by atoms with E-state index in [2.05, 4.69) is 21.8 Å². The molecule has 0 amide bonds. The zero-order valence-electron chi connectivity index (χ0n) is 9.50. The lowest BCUT2D eigenvalue weighted by Crippen LogP contribution is -2.43. The molecule has 2 heterocycles. The average molecular weight is 222 g/mol. The summed E-state index contributed by atoms with van der Waals surface area (Å²) in [6.45, 7) is 3.98. The second-order valence-corrected chi connectivity index (χ2v) is 4.31. The number of hydrogen-bond acceptors (Lipinski definition) is 5. The molecule has 1 saturated heterocycles. The summed E-state index contributed by atoms with van der Waals surface area (Å²) in [6.07, 6.45) is 4.00. The van der Waals surface area contributed by atoms with Gasteiger partial charge in [-0.3, -0.25) is 4.98 Å². The minimum absolute atomic E-state index is 0.290. The summed E-state index contributed by atoms with van der Waals surface area (Å²) >= 11 is 0. The van der Waals surface area contributed by atoms with E-state index in [-0.39, 0.29) is 6.10 Å². The molecule has 5 nitrogen and oxygen atoms in total. The summed E-state index contributed by atoms with van der Waals surface area (Å²) in [4.78, 5) is 10.6. The van der Waals surface area contributed by atoms with Crippen molar-refractivity contribution in [2.24, 2.45) is 11.7 Å². The van der Waals surface area contributed by atoms with Crippen LogP contribution in [0, 0.1) is 5.92 Å². The molecule has 88 valence electrons. The third-order valence-corrected chi connectivity index (χ3v) is 3.16. The van der Waals surface area contributed by atoms with E-state index in [0.717, 1.165) is 24.5 Å². The van der Waals surface area contributed by atoms with E-state index in [1.807, 2.05) is 0 Å². The van der Waals surface area contributed by atoms with Crippen molar-refractivity contribution in [1.82, 2.24) is 9.97 Å². The van der Waals surface area contributed by atoms with E-state index in [1.165, 1.54) is 0 Å². The molecule has 2 atom stereocenters. The van der Waals surface area contributed by atoms with Gasteiger partial charge in [-0.15, -0.1) is 0 Å². The second-order valence-electron chi connectivity index (χ2n) is 4.31. The molecule has 1 aromatic heterocycles. The van der Waals surface area contributed by atoms with Crippen molar-refractivity contribution < 1.29 is 5.11 Å². The lowest BCUT2D eigenvalue weighted by Gasteiger charge is -2.35. The molecule has 0 aromatic carbocycles. The predicted molar refractivity (Wildman–Crippen MR) is 61.9 cm³/mol. The molecule has 1 aliphatic rings. The maximum Gasteiger partial charge on any atom is 0.151 e. The van der Waals surface area contributed by atoms with Crippen molar-refractivity contribution >= 4 is 5.82 Å². The van der Waals surface area contributed by atoms with Crippen LogP contribution < -0.4 is 10.6 Å². The SMILES string of the molecule is CC1CCN(c2nccnc2CN)CC1O. The normalized spacial score (nSPS) is 25.8. The number of aromatic nitrogens is 2. The van der Waals surface area contributed by atoms with Crippen LogP contribution >= 0.6 is 0 Å². The molecule has 0 aliphatic carbocycles. The van der Waals surface area contributed by atoms with Crippen molar-refractivity contribution in [1.29, 1.82) is 0 Å². The first-order valence-corrected chi connectivity index (χ1v) is 5.65. The third kappa shape index (κ3) is 2.15. The van der Waals surface area contributed by atoms with Crippen LogP contribution in [0.15, 0.2) is 12.4 Å². The fourth-order valence-corrected chi connectivity index (χ4v) is 2.01. The maximum atomic E-state index is 9.85. The molecule has 2 rings (SSSR count). The van der Waals surface area contributed by atoms with Gasteiger partial charge in [-0.2, -0.15) is 0 Å². The first kappa shape index (κ1) is 11.3. The average Bonchev–Trinajstić information content (AvgIpc) is 2.32. The Morgan fingerprint density at radius 2 is 2.25 bits per heavy atom. The number of piperidine rings is 1. The Bertz CT molecular complexity index is 358. The van der Waals surface area contributed by atoms with Crippen molar-refractivity contribution in [3.05, 3.63) is 18.1 Å². The van der Waals surface area contributed by atoms with Gasteiger partial charge in [0.2, 0.25) is 0 Å². The van der Waals surface area contributed by atoms with Gasteiger partial charge < -0.3 is 15.7 Å². The Kier molecular flexibility index (Phi) is 3.36. The number of nitrogens with zero attached hydrogens (tertiary/aromatic N) is 3. The van der Waals surface area contributed by atoms with Crippen molar-refractivity contribution in [3.63, 3.8) is 0 Å². The van der Waals surface area contributed by atoms with Crippen molar-refractivity contribution in [2.75, 3.05) is 18.0 Å². The monoisotopic (exact) mass is 222 g/mol. The standard InChI is InChI=1S/C11H18N4O/c1-8-2-5-15(7-10(8)16)11-9(6-12)13-3-4-14-11/h3-4,8,10,16H,2,5-7,12H2,1H3. The van der Waals surface area contributed by atoms with Gasteiger partial charge >= 0.3 is 0 Å². The molecule has 3 N–H and O–H groups in total. The van der Waals surface area contributed by atoms with Crippen LogP contribution in [0.1, 0.15) is 19.0 Å². The fraction of sp³-hybridized carbons (Fsp3) is 0.636. The van der Waals surface area contributed by atoms with Gasteiger partial charge in [0.1, 0.15) is 0 Å². The van der Waals surface area contributed by atoms with Crippen LogP contribution in [0.25, 0.3) is 0 Å². The molecular weight excluding hydrogens is 204 g/mol. The molecule has 0 radical (unpaired) electrons. The topological polar surface area (TPSA) is 75.3 Å². The van der Waals surface area contributed by atoms with Gasteiger partial charge in [-0.1, -0.05) is 6.92 Å². The summed E-state index contributed by atoms with van der Waals surface area (Å²) in [7, 11) is 0. The number of aliphatic hydroxyl groups excluding tert-OH is 1. The van der Waals surface area contributed by atoms with Gasteiger partial charge in [0.05, 0.1) is 11.8 Å². The number of anilines is 1. The largest absolute Gasteiger partial charge is 0.391 e. The Morgan fingerprint density at radius 3 is 2.94 bits per heavy atom. The molecular formula is C11H18N4O. The lowest BCUT2D eigenvalue weighted by molar-refractivity contribution is 0.102. The Morgan fingerprint density at radius 1 is 1.50 bits per heavy atom.